The van der Waals surface area contributed by atoms with Crippen LogP contribution < -0.4 is 4.74 Å². The topological polar surface area (TPSA) is 28.1 Å². The number of ether oxygens (including phenoxy) is 1. The summed E-state index contributed by atoms with van der Waals surface area (Å²) < 4.78 is 5.34. The molecular formula is C21H25Cl2N3O. The van der Waals surface area contributed by atoms with Crippen LogP contribution in [0.5, 0.6) is 5.75 Å². The summed E-state index contributed by atoms with van der Waals surface area (Å²) in [5.74, 6) is 0.866. The van der Waals surface area contributed by atoms with Gasteiger partial charge < -0.3 is 4.74 Å². The fraction of sp³-hybridized carbons (Fsp3) is 0.286. The van der Waals surface area contributed by atoms with Crippen LogP contribution >= 0.6 is 24.0 Å². The number of rotatable bonds is 6. The monoisotopic (exact) mass is 405 g/mol. The van der Waals surface area contributed by atoms with Gasteiger partial charge in [0.25, 0.3) is 0 Å². The van der Waals surface area contributed by atoms with E-state index in [1.54, 1.807) is 7.11 Å². The Balaban J connectivity index is 0.00000261. The van der Waals surface area contributed by atoms with Crippen LogP contribution in [0.4, 0.5) is 0 Å². The van der Waals surface area contributed by atoms with E-state index in [9.17, 15) is 0 Å². The summed E-state index contributed by atoms with van der Waals surface area (Å²) in [6.45, 7) is 4.70. The van der Waals surface area contributed by atoms with Crippen molar-refractivity contribution in [2.75, 3.05) is 33.3 Å². The van der Waals surface area contributed by atoms with Gasteiger partial charge in [0, 0.05) is 49.5 Å². The second-order valence-electron chi connectivity index (χ2n) is 6.19. The van der Waals surface area contributed by atoms with Crippen molar-refractivity contribution in [2.45, 2.75) is 6.54 Å². The third-order valence-electron chi connectivity index (χ3n) is 4.43. The van der Waals surface area contributed by atoms with Gasteiger partial charge in [-0.3, -0.25) is 9.91 Å². The maximum atomic E-state index is 6.25. The van der Waals surface area contributed by atoms with Crippen LogP contribution in [0.2, 0.25) is 5.02 Å². The third-order valence-corrected chi connectivity index (χ3v) is 4.80. The molecule has 1 heterocycles. The molecule has 6 heteroatoms. The number of hydrogen-bond donors (Lipinski definition) is 0. The standard InChI is InChI=1S/C21H24ClN3O.ClH/c1-26-21-11-5-3-7-18(21)9-6-12-23-25-15-13-24(14-16-25)17-19-8-2-4-10-20(19)22;/h2-12H,13-17H2,1H3;1H. The normalized spacial score (nSPS) is 15.3. The first-order valence-electron chi connectivity index (χ1n) is 8.80. The predicted octanol–water partition coefficient (Wildman–Crippen LogP) is 4.59. The molecule has 0 N–H and O–H groups in total. The smallest absolute Gasteiger partial charge is 0.126 e. The zero-order chi connectivity index (χ0) is 18.2. The van der Waals surface area contributed by atoms with E-state index >= 15 is 0 Å². The highest BCUT2D eigenvalue weighted by Gasteiger charge is 2.16. The summed E-state index contributed by atoms with van der Waals surface area (Å²) in [6.07, 6.45) is 5.81. The Morgan fingerprint density at radius 2 is 1.74 bits per heavy atom. The van der Waals surface area contributed by atoms with Crippen molar-refractivity contribution in [3.63, 3.8) is 0 Å². The number of hydrazone groups is 1. The number of benzene rings is 2. The molecule has 1 saturated heterocycles. The number of allylic oxidation sites excluding steroid dienone is 1. The first kappa shape index (κ1) is 21.3. The summed E-state index contributed by atoms with van der Waals surface area (Å²) in [4.78, 5) is 2.41. The van der Waals surface area contributed by atoms with Gasteiger partial charge in [0.05, 0.1) is 7.11 Å². The van der Waals surface area contributed by atoms with Gasteiger partial charge in [0.1, 0.15) is 5.75 Å². The van der Waals surface area contributed by atoms with E-state index < -0.39 is 0 Å². The van der Waals surface area contributed by atoms with E-state index in [4.69, 9.17) is 16.3 Å². The van der Waals surface area contributed by atoms with Gasteiger partial charge in [-0.1, -0.05) is 48.0 Å². The lowest BCUT2D eigenvalue weighted by molar-refractivity contribution is 0.131. The second kappa shape index (κ2) is 11.0. The van der Waals surface area contributed by atoms with Gasteiger partial charge in [-0.15, -0.1) is 12.4 Å². The minimum absolute atomic E-state index is 0. The van der Waals surface area contributed by atoms with Crippen molar-refractivity contribution in [3.8, 4) is 5.75 Å². The number of para-hydroxylation sites is 1. The van der Waals surface area contributed by atoms with Crippen molar-refractivity contribution in [1.82, 2.24) is 9.91 Å². The number of piperazine rings is 1. The molecule has 144 valence electrons. The Bertz CT molecular complexity index is 772. The molecule has 4 nitrogen and oxygen atoms in total. The zero-order valence-corrected chi connectivity index (χ0v) is 17.0. The Hall–Kier alpha value is -2.01. The number of hydrogen-bond acceptors (Lipinski definition) is 4. The Kier molecular flexibility index (Phi) is 8.65. The van der Waals surface area contributed by atoms with Gasteiger partial charge in [-0.2, -0.15) is 5.10 Å². The van der Waals surface area contributed by atoms with Crippen LogP contribution in [0.3, 0.4) is 0 Å². The maximum Gasteiger partial charge on any atom is 0.126 e. The van der Waals surface area contributed by atoms with Crippen LogP contribution in [0.25, 0.3) is 6.08 Å². The molecule has 3 rings (SSSR count). The van der Waals surface area contributed by atoms with Gasteiger partial charge in [0.15, 0.2) is 0 Å². The highest BCUT2D eigenvalue weighted by Crippen LogP contribution is 2.19. The lowest BCUT2D eigenvalue weighted by Gasteiger charge is -2.33. The molecule has 0 unspecified atom stereocenters. The van der Waals surface area contributed by atoms with Gasteiger partial charge >= 0.3 is 0 Å². The minimum atomic E-state index is 0. The van der Waals surface area contributed by atoms with Crippen LogP contribution in [0.15, 0.2) is 59.7 Å². The van der Waals surface area contributed by atoms with Crippen LogP contribution in [0, 0.1) is 0 Å². The highest BCUT2D eigenvalue weighted by molar-refractivity contribution is 6.31. The van der Waals surface area contributed by atoms with Crippen molar-refractivity contribution in [2.24, 2.45) is 5.10 Å². The van der Waals surface area contributed by atoms with Crippen molar-refractivity contribution >= 4 is 36.3 Å². The Morgan fingerprint density at radius 3 is 2.48 bits per heavy atom. The number of nitrogens with zero attached hydrogens (tertiary/aromatic N) is 3. The molecule has 2 aromatic rings. The summed E-state index contributed by atoms with van der Waals surface area (Å²) in [5, 5.41) is 7.49. The molecule has 2 aromatic carbocycles. The molecule has 0 radical (unpaired) electrons. The fourth-order valence-electron chi connectivity index (χ4n) is 2.96. The lowest BCUT2D eigenvalue weighted by atomic mass is 10.2. The molecule has 27 heavy (non-hydrogen) atoms. The summed E-state index contributed by atoms with van der Waals surface area (Å²) in [5.41, 5.74) is 2.23. The molecule has 0 amide bonds. The van der Waals surface area contributed by atoms with Crippen LogP contribution in [0.1, 0.15) is 11.1 Å². The molecule has 1 aliphatic heterocycles. The van der Waals surface area contributed by atoms with Crippen molar-refractivity contribution < 1.29 is 4.74 Å². The van der Waals surface area contributed by atoms with E-state index in [0.717, 1.165) is 49.1 Å². The molecular weight excluding hydrogens is 381 g/mol. The molecule has 0 atom stereocenters. The van der Waals surface area contributed by atoms with E-state index in [0.29, 0.717) is 0 Å². The average molecular weight is 406 g/mol. The van der Waals surface area contributed by atoms with E-state index in [-0.39, 0.29) is 12.4 Å². The molecule has 1 aliphatic rings. The van der Waals surface area contributed by atoms with Gasteiger partial charge in [0.2, 0.25) is 0 Å². The molecule has 0 spiro atoms. The average Bonchev–Trinajstić information content (AvgIpc) is 2.68. The van der Waals surface area contributed by atoms with Gasteiger partial charge in [-0.05, 0) is 29.8 Å². The second-order valence-corrected chi connectivity index (χ2v) is 6.59. The third kappa shape index (κ3) is 6.28. The number of methoxy groups -OCH3 is 1. The van der Waals surface area contributed by atoms with E-state index in [2.05, 4.69) is 21.1 Å². The van der Waals surface area contributed by atoms with Crippen LogP contribution in [-0.4, -0.2) is 49.4 Å². The predicted molar refractivity (Wildman–Crippen MR) is 116 cm³/mol. The number of halogens is 2. The van der Waals surface area contributed by atoms with Crippen LogP contribution in [-0.2, 0) is 6.54 Å². The largest absolute Gasteiger partial charge is 0.496 e. The SMILES string of the molecule is COc1ccccc1C=CC=NN1CCN(Cc2ccccc2Cl)CC1.Cl. The summed E-state index contributed by atoms with van der Waals surface area (Å²) >= 11 is 6.25. The molecule has 0 aliphatic carbocycles. The maximum absolute atomic E-state index is 6.25. The fourth-order valence-corrected chi connectivity index (χ4v) is 3.16. The Morgan fingerprint density at radius 1 is 1.04 bits per heavy atom. The first-order valence-corrected chi connectivity index (χ1v) is 9.18. The Labute approximate surface area is 172 Å². The molecule has 0 bridgehead atoms. The van der Waals surface area contributed by atoms with Gasteiger partial charge in [-0.25, -0.2) is 0 Å². The molecule has 0 aromatic heterocycles. The highest BCUT2D eigenvalue weighted by atomic mass is 35.5. The molecule has 1 fully saturated rings. The van der Waals surface area contributed by atoms with Crippen molar-refractivity contribution in [1.29, 1.82) is 0 Å². The van der Waals surface area contributed by atoms with E-state index in [1.807, 2.05) is 60.8 Å². The minimum Gasteiger partial charge on any atom is -0.496 e. The summed E-state index contributed by atoms with van der Waals surface area (Å²) in [7, 11) is 1.68. The first-order chi connectivity index (χ1) is 12.8. The quantitative estimate of drug-likeness (QED) is 0.657. The lowest BCUT2D eigenvalue weighted by Crippen LogP contribution is -2.43. The zero-order valence-electron chi connectivity index (χ0n) is 15.4. The molecule has 0 saturated carbocycles. The summed E-state index contributed by atoms with van der Waals surface area (Å²) in [6, 6.07) is 16.0. The van der Waals surface area contributed by atoms with Crippen molar-refractivity contribution in [3.05, 3.63) is 70.8 Å². The van der Waals surface area contributed by atoms with E-state index in [1.165, 1.54) is 5.56 Å².